The van der Waals surface area contributed by atoms with E-state index in [9.17, 15) is 0 Å². The summed E-state index contributed by atoms with van der Waals surface area (Å²) in [6.07, 6.45) is 0.916. The Morgan fingerprint density at radius 3 is 1.79 bits per heavy atom. The second-order valence-corrected chi connectivity index (χ2v) is 15.8. The molecule has 4 rings (SSSR count). The predicted octanol–water partition coefficient (Wildman–Crippen LogP) is 9.61. The molecule has 1 aliphatic heterocycles. The van der Waals surface area contributed by atoms with Crippen LogP contribution in [0.1, 0.15) is 102 Å². The van der Waals surface area contributed by atoms with Gasteiger partial charge in [0.15, 0.2) is 0 Å². The molecule has 4 heteroatoms. The molecule has 0 aliphatic carbocycles. The van der Waals surface area contributed by atoms with Crippen LogP contribution in [0.15, 0.2) is 48.5 Å². The van der Waals surface area contributed by atoms with Crippen molar-refractivity contribution in [2.24, 2.45) is 0 Å². The average Bonchev–Trinajstić information content (AvgIpc) is 3.26. The SMILES string of the molecule is COc1cccc(OC)c1-c1cccc2c1P(C(C)(C)C)[C@@H](Cc1c(C(C)C)cc(C(C)C)cc1C(C)C)O2. The number of hydrogen-bond donors (Lipinski definition) is 0. The first-order valence-electron chi connectivity index (χ1n) is 14.4. The Hall–Kier alpha value is -2.51. The third kappa shape index (κ3) is 5.71. The molecule has 210 valence electrons. The Morgan fingerprint density at radius 1 is 0.795 bits per heavy atom. The summed E-state index contributed by atoms with van der Waals surface area (Å²) in [7, 11) is 2.78. The van der Waals surface area contributed by atoms with E-state index in [-0.39, 0.29) is 11.0 Å². The van der Waals surface area contributed by atoms with Crippen LogP contribution in [0.5, 0.6) is 17.2 Å². The zero-order chi connectivity index (χ0) is 28.6. The van der Waals surface area contributed by atoms with Crippen molar-refractivity contribution in [3.8, 4) is 28.4 Å². The molecule has 3 aromatic rings. The Labute approximate surface area is 238 Å². The molecule has 0 N–H and O–H groups in total. The largest absolute Gasteiger partial charge is 0.496 e. The minimum absolute atomic E-state index is 0.0461. The van der Waals surface area contributed by atoms with Crippen LogP contribution in [0.3, 0.4) is 0 Å². The van der Waals surface area contributed by atoms with Crippen LogP contribution < -0.4 is 19.5 Å². The number of benzene rings is 3. The van der Waals surface area contributed by atoms with E-state index >= 15 is 0 Å². The summed E-state index contributed by atoms with van der Waals surface area (Å²) >= 11 is 0. The second kappa shape index (κ2) is 11.5. The molecule has 0 saturated carbocycles. The molecule has 0 spiro atoms. The monoisotopic (exact) mass is 546 g/mol. The second-order valence-electron chi connectivity index (χ2n) is 12.6. The lowest BCUT2D eigenvalue weighted by molar-refractivity contribution is 0.292. The molecule has 0 radical (unpaired) electrons. The normalized spacial score (nSPS) is 17.1. The fraction of sp³-hybridized carbons (Fsp3) is 0.486. The molecule has 0 fully saturated rings. The van der Waals surface area contributed by atoms with Gasteiger partial charge in [-0.2, -0.15) is 0 Å². The predicted molar refractivity (Wildman–Crippen MR) is 168 cm³/mol. The zero-order valence-electron chi connectivity index (χ0n) is 25.8. The molecule has 1 unspecified atom stereocenters. The molecule has 1 heterocycles. The van der Waals surface area contributed by atoms with Gasteiger partial charge < -0.3 is 14.2 Å². The van der Waals surface area contributed by atoms with Crippen molar-refractivity contribution >= 4 is 13.2 Å². The molecule has 3 nitrogen and oxygen atoms in total. The fourth-order valence-electron chi connectivity index (χ4n) is 5.94. The van der Waals surface area contributed by atoms with Gasteiger partial charge in [0, 0.05) is 17.3 Å². The maximum atomic E-state index is 6.95. The van der Waals surface area contributed by atoms with E-state index in [0.717, 1.165) is 34.8 Å². The third-order valence-corrected chi connectivity index (χ3v) is 11.1. The number of methoxy groups -OCH3 is 2. The Kier molecular flexibility index (Phi) is 8.72. The number of rotatable bonds is 8. The van der Waals surface area contributed by atoms with E-state index in [1.54, 1.807) is 14.2 Å². The van der Waals surface area contributed by atoms with Gasteiger partial charge in [-0.05, 0) is 71.3 Å². The van der Waals surface area contributed by atoms with E-state index < -0.39 is 7.92 Å². The van der Waals surface area contributed by atoms with E-state index in [0.29, 0.717) is 17.8 Å². The van der Waals surface area contributed by atoms with Crippen molar-refractivity contribution in [1.29, 1.82) is 0 Å². The molecule has 2 atom stereocenters. The van der Waals surface area contributed by atoms with Crippen molar-refractivity contribution in [1.82, 2.24) is 0 Å². The van der Waals surface area contributed by atoms with Crippen molar-refractivity contribution in [3.05, 3.63) is 70.8 Å². The van der Waals surface area contributed by atoms with Crippen molar-refractivity contribution in [3.63, 3.8) is 0 Å². The van der Waals surface area contributed by atoms with Crippen molar-refractivity contribution < 1.29 is 14.2 Å². The summed E-state index contributed by atoms with van der Waals surface area (Å²) in [6, 6.07) is 17.4. The van der Waals surface area contributed by atoms with Crippen molar-refractivity contribution in [2.45, 2.75) is 97.5 Å². The van der Waals surface area contributed by atoms with Crippen LogP contribution in [-0.2, 0) is 6.42 Å². The fourth-order valence-corrected chi connectivity index (χ4v) is 9.16. The van der Waals surface area contributed by atoms with Gasteiger partial charge in [0.2, 0.25) is 0 Å². The zero-order valence-corrected chi connectivity index (χ0v) is 26.7. The van der Waals surface area contributed by atoms with E-state index in [2.05, 4.69) is 92.6 Å². The number of hydrogen-bond acceptors (Lipinski definition) is 3. The summed E-state index contributed by atoms with van der Waals surface area (Å²) in [6.45, 7) is 21.0. The molecule has 3 aromatic carbocycles. The molecular formula is C35H47O3P. The van der Waals surface area contributed by atoms with Crippen molar-refractivity contribution in [2.75, 3.05) is 14.2 Å². The first-order valence-corrected chi connectivity index (χ1v) is 15.8. The molecule has 0 saturated heterocycles. The minimum Gasteiger partial charge on any atom is -0.496 e. The molecule has 39 heavy (non-hydrogen) atoms. The van der Waals surface area contributed by atoms with Gasteiger partial charge in [0.25, 0.3) is 0 Å². The molecular weight excluding hydrogens is 499 g/mol. The average molecular weight is 547 g/mol. The van der Waals surface area contributed by atoms with Gasteiger partial charge in [-0.15, -0.1) is 0 Å². The lowest BCUT2D eigenvalue weighted by atomic mass is 9.83. The Balaban J connectivity index is 1.90. The summed E-state index contributed by atoms with van der Waals surface area (Å²) in [5, 5.41) is 1.37. The third-order valence-electron chi connectivity index (χ3n) is 7.84. The summed E-state index contributed by atoms with van der Waals surface area (Å²) in [5.41, 5.74) is 8.03. The summed E-state index contributed by atoms with van der Waals surface area (Å²) < 4.78 is 18.6. The van der Waals surface area contributed by atoms with Gasteiger partial charge >= 0.3 is 0 Å². The van der Waals surface area contributed by atoms with E-state index in [4.69, 9.17) is 14.2 Å². The molecule has 0 bridgehead atoms. The van der Waals surface area contributed by atoms with Gasteiger partial charge in [-0.1, -0.05) is 92.6 Å². The van der Waals surface area contributed by atoms with E-state index in [1.807, 2.05) is 18.2 Å². The van der Waals surface area contributed by atoms with Gasteiger partial charge in [-0.25, -0.2) is 0 Å². The highest BCUT2D eigenvalue weighted by molar-refractivity contribution is 7.68. The first-order chi connectivity index (χ1) is 18.4. The smallest absolute Gasteiger partial charge is 0.130 e. The highest BCUT2D eigenvalue weighted by Gasteiger charge is 2.44. The Bertz CT molecular complexity index is 1260. The lowest BCUT2D eigenvalue weighted by Crippen LogP contribution is -2.27. The molecule has 1 aliphatic rings. The minimum atomic E-state index is -0.685. The Morgan fingerprint density at radius 2 is 1.33 bits per heavy atom. The van der Waals surface area contributed by atoms with Crippen LogP contribution in [0.25, 0.3) is 11.1 Å². The topological polar surface area (TPSA) is 27.7 Å². The maximum absolute atomic E-state index is 6.95. The summed E-state index contributed by atoms with van der Waals surface area (Å²) in [5.74, 6) is 4.15. The van der Waals surface area contributed by atoms with E-state index in [1.165, 1.54) is 27.6 Å². The highest BCUT2D eigenvalue weighted by atomic mass is 31.1. The highest BCUT2D eigenvalue weighted by Crippen LogP contribution is 2.61. The summed E-state index contributed by atoms with van der Waals surface area (Å²) in [4.78, 5) is 0. The van der Waals surface area contributed by atoms with Gasteiger partial charge in [0.1, 0.15) is 23.1 Å². The standard InChI is InChI=1S/C35H47O3P/c1-21(2)24-18-26(22(3)4)28(27(19-24)23(5)6)20-32-38-31-17-12-14-25(34(31)39(32)35(7,8)9)33-29(36-10)15-13-16-30(33)37-11/h12-19,21-23,32H,20H2,1-11H3/t32-,39?/m0/s1. The number of ether oxygens (including phenoxy) is 3. The van der Waals surface area contributed by atoms with Crippen LogP contribution in [0, 0.1) is 0 Å². The lowest BCUT2D eigenvalue weighted by Gasteiger charge is -2.34. The molecule has 0 amide bonds. The van der Waals surface area contributed by atoms with Crippen LogP contribution in [0.2, 0.25) is 0 Å². The number of fused-ring (bicyclic) bond motifs is 1. The first kappa shape index (κ1) is 29.5. The van der Waals surface area contributed by atoms with Crippen LogP contribution in [0.4, 0.5) is 0 Å². The van der Waals surface area contributed by atoms with Gasteiger partial charge in [-0.3, -0.25) is 0 Å². The quantitative estimate of drug-likeness (QED) is 0.263. The molecule has 0 aromatic heterocycles. The van der Waals surface area contributed by atoms with Gasteiger partial charge in [0.05, 0.1) is 19.8 Å². The van der Waals surface area contributed by atoms with Crippen LogP contribution >= 0.6 is 7.92 Å². The van der Waals surface area contributed by atoms with Crippen LogP contribution in [-0.4, -0.2) is 25.2 Å². The maximum Gasteiger partial charge on any atom is 0.130 e.